The standard InChI is InChI=1S/C7H8N4/c1-11(2)7-4-9-5-10-6(7)3-8/h4-5H,1-2H3. The Morgan fingerprint density at radius 1 is 1.55 bits per heavy atom. The molecule has 11 heavy (non-hydrogen) atoms. The van der Waals surface area contributed by atoms with Crippen molar-refractivity contribution in [3.8, 4) is 6.07 Å². The molecule has 0 aromatic carbocycles. The first-order valence-electron chi connectivity index (χ1n) is 3.13. The normalized spacial score (nSPS) is 8.82. The van der Waals surface area contributed by atoms with Gasteiger partial charge in [0.15, 0.2) is 5.69 Å². The molecule has 0 atom stereocenters. The van der Waals surface area contributed by atoms with Gasteiger partial charge in [0.05, 0.1) is 11.9 Å². The molecule has 1 aromatic heterocycles. The number of nitrogens with zero attached hydrogens (tertiary/aromatic N) is 4. The number of anilines is 1. The molecule has 1 heterocycles. The molecule has 1 aromatic rings. The lowest BCUT2D eigenvalue weighted by molar-refractivity contribution is 1.05. The molecule has 56 valence electrons. The number of rotatable bonds is 1. The molecule has 0 bridgehead atoms. The summed E-state index contributed by atoms with van der Waals surface area (Å²) in [6.45, 7) is 0. The molecule has 0 radical (unpaired) electrons. The molecule has 0 fully saturated rings. The van der Waals surface area contributed by atoms with Crippen molar-refractivity contribution in [2.75, 3.05) is 19.0 Å². The van der Waals surface area contributed by atoms with Gasteiger partial charge in [0.1, 0.15) is 12.4 Å². The van der Waals surface area contributed by atoms with Crippen molar-refractivity contribution < 1.29 is 0 Å². The number of aromatic nitrogens is 2. The summed E-state index contributed by atoms with van der Waals surface area (Å²) in [6.07, 6.45) is 2.98. The van der Waals surface area contributed by atoms with Gasteiger partial charge in [-0.25, -0.2) is 9.97 Å². The molecule has 0 spiro atoms. The first kappa shape index (κ1) is 7.48. The lowest BCUT2D eigenvalue weighted by atomic mass is 10.3. The summed E-state index contributed by atoms with van der Waals surface area (Å²) in [7, 11) is 3.69. The first-order valence-corrected chi connectivity index (χ1v) is 3.13. The van der Waals surface area contributed by atoms with Crippen molar-refractivity contribution >= 4 is 5.69 Å². The minimum Gasteiger partial charge on any atom is -0.374 e. The van der Waals surface area contributed by atoms with Crippen LogP contribution in [-0.4, -0.2) is 24.1 Å². The fourth-order valence-electron chi connectivity index (χ4n) is 0.736. The lowest BCUT2D eigenvalue weighted by Gasteiger charge is -2.11. The summed E-state index contributed by atoms with van der Waals surface area (Å²) in [6, 6.07) is 1.98. The number of hydrogen-bond donors (Lipinski definition) is 0. The van der Waals surface area contributed by atoms with E-state index in [1.54, 1.807) is 11.1 Å². The van der Waals surface area contributed by atoms with Crippen molar-refractivity contribution in [3.05, 3.63) is 18.2 Å². The Bertz CT molecular complexity index is 287. The fraction of sp³-hybridized carbons (Fsp3) is 0.286. The zero-order valence-corrected chi connectivity index (χ0v) is 6.44. The molecule has 0 aliphatic heterocycles. The van der Waals surface area contributed by atoms with Crippen LogP contribution >= 0.6 is 0 Å². The highest BCUT2D eigenvalue weighted by Crippen LogP contribution is 2.11. The maximum Gasteiger partial charge on any atom is 0.167 e. The summed E-state index contributed by atoms with van der Waals surface area (Å²) in [5.41, 5.74) is 1.15. The third-order valence-corrected chi connectivity index (χ3v) is 1.28. The Balaban J connectivity index is 3.15. The van der Waals surface area contributed by atoms with Crippen molar-refractivity contribution in [2.45, 2.75) is 0 Å². The lowest BCUT2D eigenvalue weighted by Crippen LogP contribution is -2.11. The van der Waals surface area contributed by atoms with Gasteiger partial charge in [-0.3, -0.25) is 0 Å². The zero-order valence-electron chi connectivity index (χ0n) is 6.44. The van der Waals surface area contributed by atoms with E-state index >= 15 is 0 Å². The Labute approximate surface area is 65.1 Å². The van der Waals surface area contributed by atoms with Crippen molar-refractivity contribution in [1.29, 1.82) is 5.26 Å². The van der Waals surface area contributed by atoms with Crippen LogP contribution in [0.4, 0.5) is 5.69 Å². The van der Waals surface area contributed by atoms with Crippen LogP contribution in [0.3, 0.4) is 0 Å². The van der Waals surface area contributed by atoms with Crippen LogP contribution in [-0.2, 0) is 0 Å². The Kier molecular flexibility index (Phi) is 2.02. The van der Waals surface area contributed by atoms with E-state index < -0.39 is 0 Å². The molecule has 0 saturated carbocycles. The topological polar surface area (TPSA) is 52.8 Å². The van der Waals surface area contributed by atoms with Gasteiger partial charge in [-0.15, -0.1) is 0 Å². The fourth-order valence-corrected chi connectivity index (χ4v) is 0.736. The van der Waals surface area contributed by atoms with E-state index in [1.807, 2.05) is 20.2 Å². The largest absolute Gasteiger partial charge is 0.374 e. The maximum atomic E-state index is 8.60. The average molecular weight is 148 g/mol. The van der Waals surface area contributed by atoms with Crippen LogP contribution < -0.4 is 4.90 Å². The van der Waals surface area contributed by atoms with E-state index in [0.717, 1.165) is 5.69 Å². The monoisotopic (exact) mass is 148 g/mol. The predicted molar refractivity (Wildman–Crippen MR) is 41.1 cm³/mol. The second kappa shape index (κ2) is 2.97. The minimum atomic E-state index is 0.407. The SMILES string of the molecule is CN(C)c1cncnc1C#N. The molecular formula is C7H8N4. The van der Waals surface area contributed by atoms with E-state index in [2.05, 4.69) is 9.97 Å². The molecule has 0 saturated heterocycles. The third kappa shape index (κ3) is 1.44. The van der Waals surface area contributed by atoms with Gasteiger partial charge in [0.2, 0.25) is 0 Å². The van der Waals surface area contributed by atoms with E-state index in [-0.39, 0.29) is 0 Å². The van der Waals surface area contributed by atoms with Gasteiger partial charge in [0, 0.05) is 14.1 Å². The Morgan fingerprint density at radius 2 is 2.27 bits per heavy atom. The Hall–Kier alpha value is -1.63. The number of nitriles is 1. The highest BCUT2D eigenvalue weighted by molar-refractivity contribution is 5.52. The molecule has 0 N–H and O–H groups in total. The highest BCUT2D eigenvalue weighted by Gasteiger charge is 2.02. The van der Waals surface area contributed by atoms with E-state index in [9.17, 15) is 0 Å². The van der Waals surface area contributed by atoms with Gasteiger partial charge in [-0.05, 0) is 0 Å². The van der Waals surface area contributed by atoms with Gasteiger partial charge in [-0.2, -0.15) is 5.26 Å². The van der Waals surface area contributed by atoms with Crippen LogP contribution in [0, 0.1) is 11.3 Å². The predicted octanol–water partition coefficient (Wildman–Crippen LogP) is 0.414. The van der Waals surface area contributed by atoms with E-state index in [1.165, 1.54) is 6.33 Å². The van der Waals surface area contributed by atoms with Crippen molar-refractivity contribution in [1.82, 2.24) is 9.97 Å². The smallest absolute Gasteiger partial charge is 0.167 e. The van der Waals surface area contributed by atoms with Crippen LogP contribution in [0.1, 0.15) is 5.69 Å². The quantitative estimate of drug-likeness (QED) is 0.579. The number of hydrogen-bond acceptors (Lipinski definition) is 4. The van der Waals surface area contributed by atoms with E-state index in [4.69, 9.17) is 5.26 Å². The second-order valence-electron chi connectivity index (χ2n) is 2.26. The molecule has 1 rings (SSSR count). The molecule has 0 aliphatic carbocycles. The van der Waals surface area contributed by atoms with Crippen LogP contribution in [0.15, 0.2) is 12.5 Å². The average Bonchev–Trinajstić information content (AvgIpc) is 2.04. The summed E-state index contributed by atoms with van der Waals surface area (Å²) >= 11 is 0. The molecular weight excluding hydrogens is 140 g/mol. The maximum absolute atomic E-state index is 8.60. The molecule has 4 nitrogen and oxygen atoms in total. The summed E-state index contributed by atoms with van der Waals surface area (Å²) in [4.78, 5) is 9.42. The molecule has 0 aliphatic rings. The van der Waals surface area contributed by atoms with Gasteiger partial charge >= 0.3 is 0 Å². The van der Waals surface area contributed by atoms with Gasteiger partial charge < -0.3 is 4.90 Å². The second-order valence-corrected chi connectivity index (χ2v) is 2.26. The van der Waals surface area contributed by atoms with Crippen molar-refractivity contribution in [3.63, 3.8) is 0 Å². The summed E-state index contributed by atoms with van der Waals surface area (Å²) < 4.78 is 0. The van der Waals surface area contributed by atoms with Crippen molar-refractivity contribution in [2.24, 2.45) is 0 Å². The van der Waals surface area contributed by atoms with Crippen LogP contribution in [0.2, 0.25) is 0 Å². The summed E-state index contributed by atoms with van der Waals surface area (Å²) in [5, 5.41) is 8.60. The highest BCUT2D eigenvalue weighted by atomic mass is 15.1. The van der Waals surface area contributed by atoms with Crippen LogP contribution in [0.25, 0.3) is 0 Å². The first-order chi connectivity index (χ1) is 5.25. The zero-order chi connectivity index (χ0) is 8.27. The van der Waals surface area contributed by atoms with E-state index in [0.29, 0.717) is 5.69 Å². The van der Waals surface area contributed by atoms with Gasteiger partial charge in [0.25, 0.3) is 0 Å². The van der Waals surface area contributed by atoms with Crippen LogP contribution in [0.5, 0.6) is 0 Å². The molecule has 0 unspecified atom stereocenters. The summed E-state index contributed by atoms with van der Waals surface area (Å²) in [5.74, 6) is 0. The van der Waals surface area contributed by atoms with Gasteiger partial charge in [-0.1, -0.05) is 0 Å². The Morgan fingerprint density at radius 3 is 2.73 bits per heavy atom. The minimum absolute atomic E-state index is 0.407. The molecule has 4 heteroatoms. The third-order valence-electron chi connectivity index (χ3n) is 1.28. The molecule has 0 amide bonds.